The largest absolute Gasteiger partial charge is 1.00 e. The van der Waals surface area contributed by atoms with Gasteiger partial charge in [-0.3, -0.25) is 0 Å². The first-order valence-corrected chi connectivity index (χ1v) is 11.2. The van der Waals surface area contributed by atoms with Gasteiger partial charge in [-0.1, -0.05) is 18.2 Å². The second-order valence-corrected chi connectivity index (χ2v) is 7.68. The van der Waals surface area contributed by atoms with Crippen molar-refractivity contribution in [3.8, 4) is 22.5 Å². The summed E-state index contributed by atoms with van der Waals surface area (Å²) >= 11 is 0. The van der Waals surface area contributed by atoms with E-state index in [1.807, 2.05) is 49.4 Å². The number of halogens is 1. The molecule has 0 spiro atoms. The maximum atomic E-state index is 12.8. The van der Waals surface area contributed by atoms with Gasteiger partial charge in [0.05, 0.1) is 18.2 Å². The number of hydrogen-bond donors (Lipinski definition) is 2. The topological polar surface area (TPSA) is 65.4 Å². The van der Waals surface area contributed by atoms with Crippen LogP contribution in [0, 0.1) is 6.92 Å². The molecule has 0 unspecified atom stereocenters. The molecule has 1 aliphatic heterocycles. The van der Waals surface area contributed by atoms with Crippen LogP contribution in [-0.2, 0) is 4.74 Å². The summed E-state index contributed by atoms with van der Waals surface area (Å²) in [6.07, 6.45) is 0. The van der Waals surface area contributed by atoms with Crippen LogP contribution in [-0.4, -0.2) is 25.7 Å². The average Bonchev–Trinajstić information content (AvgIpc) is 2.79. The van der Waals surface area contributed by atoms with Crippen molar-refractivity contribution in [3.05, 3.63) is 71.1 Å². The van der Waals surface area contributed by atoms with Crippen LogP contribution in [0.1, 0.15) is 36.7 Å². The van der Waals surface area contributed by atoms with Gasteiger partial charge in [0.1, 0.15) is 17.9 Å². The highest BCUT2D eigenvalue weighted by molar-refractivity contribution is 6.08. The molecule has 0 saturated heterocycles. The molecule has 0 aromatic heterocycles. The predicted octanol–water partition coefficient (Wildman–Crippen LogP) is 1.13. The van der Waals surface area contributed by atoms with Crippen molar-refractivity contribution in [1.82, 2.24) is 0 Å². The third kappa shape index (κ3) is 4.74. The fourth-order valence-electron chi connectivity index (χ4n) is 4.12. The molecular weight excluding hydrogens is 436 g/mol. The molecule has 2 N–H and O–H groups in total. The summed E-state index contributed by atoms with van der Waals surface area (Å²) in [4.78, 5) is 16.2. The Labute approximate surface area is 200 Å². The number of hydrogen-bond acceptors (Lipinski definition) is 4. The molecule has 2 aromatic carbocycles. The van der Waals surface area contributed by atoms with Crippen molar-refractivity contribution in [3.63, 3.8) is 0 Å². The van der Waals surface area contributed by atoms with Crippen molar-refractivity contribution in [2.24, 2.45) is 0 Å². The van der Waals surface area contributed by atoms with Gasteiger partial charge < -0.3 is 26.9 Å². The van der Waals surface area contributed by atoms with E-state index in [0.717, 1.165) is 63.1 Å². The quantitative estimate of drug-likeness (QED) is 0.331. The van der Waals surface area contributed by atoms with Gasteiger partial charge in [0.15, 0.2) is 0 Å². The Morgan fingerprint density at radius 2 is 1.82 bits per heavy atom. The van der Waals surface area contributed by atoms with E-state index in [1.54, 1.807) is 0 Å². The van der Waals surface area contributed by atoms with E-state index in [0.29, 0.717) is 12.2 Å². The number of carbonyl (C=O) groups excluding carboxylic acids is 1. The van der Waals surface area contributed by atoms with E-state index in [1.165, 1.54) is 0 Å². The van der Waals surface area contributed by atoms with Crippen molar-refractivity contribution < 1.29 is 31.3 Å². The minimum atomic E-state index is -0.324. The molecule has 0 bridgehead atoms. The Morgan fingerprint density at radius 1 is 1.03 bits per heavy atom. The number of ether oxygens (including phenoxy) is 1. The molecule has 2 aliphatic rings. The third-order valence-electron chi connectivity index (χ3n) is 5.51. The predicted molar refractivity (Wildman–Crippen MR) is 128 cm³/mol. The van der Waals surface area contributed by atoms with Gasteiger partial charge in [0, 0.05) is 40.4 Å². The number of aryl methyl sites for hydroxylation is 1. The summed E-state index contributed by atoms with van der Waals surface area (Å²) in [7, 11) is 0. The zero-order valence-electron chi connectivity index (χ0n) is 19.4. The zero-order valence-corrected chi connectivity index (χ0v) is 20.2. The molecule has 4 rings (SSSR count). The Hall–Kier alpha value is -3.31. The summed E-state index contributed by atoms with van der Waals surface area (Å²) in [5.74, 6) is 0.441. The summed E-state index contributed by atoms with van der Waals surface area (Å²) in [6.45, 7) is 10.0. The normalized spacial score (nSPS) is 11.5. The zero-order chi connectivity index (χ0) is 22.7. The molecule has 0 saturated carbocycles. The molecule has 1 aliphatic carbocycles. The number of carbonyl (C=O) groups is 1. The van der Waals surface area contributed by atoms with Crippen LogP contribution in [0.3, 0.4) is 0 Å². The molecule has 0 radical (unpaired) electrons. The van der Waals surface area contributed by atoms with Gasteiger partial charge in [0.2, 0.25) is 5.36 Å². The van der Waals surface area contributed by atoms with E-state index in [4.69, 9.17) is 9.15 Å². The second-order valence-electron chi connectivity index (χ2n) is 7.68. The fraction of sp³-hybridized carbons (Fsp3) is 0.259. The van der Waals surface area contributed by atoms with E-state index in [-0.39, 0.29) is 18.4 Å². The molecule has 0 amide bonds. The minimum absolute atomic E-state index is 0. The molecular formula is C27H29ClN2O3. The Morgan fingerprint density at radius 3 is 2.55 bits per heavy atom. The summed E-state index contributed by atoms with van der Waals surface area (Å²) in [6, 6.07) is 17.9. The lowest BCUT2D eigenvalue weighted by atomic mass is 9.90. The Bertz CT molecular complexity index is 1330. The first kappa shape index (κ1) is 24.3. The van der Waals surface area contributed by atoms with E-state index in [2.05, 4.69) is 43.2 Å². The summed E-state index contributed by atoms with van der Waals surface area (Å²) < 4.78 is 11.7. The van der Waals surface area contributed by atoms with E-state index >= 15 is 0 Å². The average molecular weight is 465 g/mol. The maximum absolute atomic E-state index is 12.8. The van der Waals surface area contributed by atoms with Gasteiger partial charge in [-0.15, -0.1) is 0 Å². The fourth-order valence-corrected chi connectivity index (χ4v) is 4.12. The maximum Gasteiger partial charge on any atom is 0.338 e. The van der Waals surface area contributed by atoms with Gasteiger partial charge in [-0.05, 0) is 57.5 Å². The van der Waals surface area contributed by atoms with Crippen LogP contribution in [0.2, 0.25) is 0 Å². The number of nitrogens with one attached hydrogen (secondary N) is 2. The smallest absolute Gasteiger partial charge is 0.338 e. The van der Waals surface area contributed by atoms with Gasteiger partial charge >= 0.3 is 5.97 Å². The van der Waals surface area contributed by atoms with Crippen LogP contribution in [0.5, 0.6) is 0 Å². The SMILES string of the molecule is CCNc1ccc2c(-c3ccccc3C(=O)OCC)c3cc(C)c(=[NH+]CC)cc-3oc2c1.[Cl-]. The molecule has 0 fully saturated rings. The van der Waals surface area contributed by atoms with E-state index in [9.17, 15) is 4.79 Å². The highest BCUT2D eigenvalue weighted by Gasteiger charge is 2.23. The number of esters is 1. The van der Waals surface area contributed by atoms with Crippen molar-refractivity contribution >= 4 is 22.6 Å². The molecule has 5 nitrogen and oxygen atoms in total. The van der Waals surface area contributed by atoms with Gasteiger partial charge in [0.25, 0.3) is 0 Å². The third-order valence-corrected chi connectivity index (χ3v) is 5.51. The number of anilines is 1. The van der Waals surface area contributed by atoms with E-state index < -0.39 is 0 Å². The molecule has 33 heavy (non-hydrogen) atoms. The lowest BCUT2D eigenvalue weighted by Gasteiger charge is -2.18. The second kappa shape index (κ2) is 10.5. The first-order chi connectivity index (χ1) is 15.6. The molecule has 172 valence electrons. The van der Waals surface area contributed by atoms with Crippen molar-refractivity contribution in [1.29, 1.82) is 0 Å². The first-order valence-electron chi connectivity index (χ1n) is 11.2. The van der Waals surface area contributed by atoms with Gasteiger partial charge in [-0.25, -0.2) is 9.79 Å². The van der Waals surface area contributed by atoms with Crippen LogP contribution in [0.15, 0.2) is 59.0 Å². The summed E-state index contributed by atoms with van der Waals surface area (Å²) in [5.41, 5.74) is 6.19. The number of rotatable bonds is 6. The molecule has 1 heterocycles. The summed E-state index contributed by atoms with van der Waals surface area (Å²) in [5, 5.41) is 5.34. The lowest BCUT2D eigenvalue weighted by molar-refractivity contribution is -0.496. The number of fused-ring (bicyclic) bond motifs is 2. The lowest BCUT2D eigenvalue weighted by Crippen LogP contribution is -3.00. The molecule has 6 heteroatoms. The van der Waals surface area contributed by atoms with Crippen LogP contribution in [0.25, 0.3) is 33.4 Å². The van der Waals surface area contributed by atoms with Crippen molar-refractivity contribution in [2.75, 3.05) is 25.0 Å². The van der Waals surface area contributed by atoms with Gasteiger partial charge in [-0.2, -0.15) is 0 Å². The highest BCUT2D eigenvalue weighted by atomic mass is 35.5. The van der Waals surface area contributed by atoms with Crippen LogP contribution in [0.4, 0.5) is 5.69 Å². The molecule has 2 aromatic rings. The van der Waals surface area contributed by atoms with Crippen LogP contribution < -0.4 is 28.1 Å². The number of benzene rings is 3. The highest BCUT2D eigenvalue weighted by Crippen LogP contribution is 2.42. The molecule has 0 atom stereocenters. The van der Waals surface area contributed by atoms with Crippen LogP contribution >= 0.6 is 0 Å². The minimum Gasteiger partial charge on any atom is -1.00 e. The standard InChI is InChI=1S/C27H28N2O3.ClH/c1-5-28-18-12-13-21-24(15-18)32-25-16-23(29-6-2)17(4)14-22(25)26(21)19-10-8-9-11-20(19)27(30)31-7-3;/h8-16,28H,5-7H2,1-4H3;1H. The Balaban J connectivity index is 0.00000306. The Kier molecular flexibility index (Phi) is 7.77. The monoisotopic (exact) mass is 464 g/mol. The van der Waals surface area contributed by atoms with Crippen molar-refractivity contribution in [2.45, 2.75) is 27.7 Å².